The number of pyridine rings is 1. The van der Waals surface area contributed by atoms with Gasteiger partial charge < -0.3 is 11.1 Å². The van der Waals surface area contributed by atoms with Gasteiger partial charge in [-0.05, 0) is 37.8 Å². The number of carbonyl (C=O) groups is 1. The van der Waals surface area contributed by atoms with Crippen molar-refractivity contribution < 1.29 is 18.0 Å². The first-order valence-corrected chi connectivity index (χ1v) is 6.87. The second-order valence-electron chi connectivity index (χ2n) is 5.53. The second-order valence-corrected chi connectivity index (χ2v) is 5.53. The third-order valence-corrected chi connectivity index (χ3v) is 3.85. The monoisotopic (exact) mass is 301 g/mol. The maximum absolute atomic E-state index is 12.8. The topological polar surface area (TPSA) is 68.0 Å². The van der Waals surface area contributed by atoms with Gasteiger partial charge in [0, 0.05) is 5.92 Å². The molecule has 2 rings (SSSR count). The summed E-state index contributed by atoms with van der Waals surface area (Å²) in [6.07, 6.45) is -1.98. The van der Waals surface area contributed by atoms with E-state index in [0.717, 1.165) is 0 Å². The van der Waals surface area contributed by atoms with E-state index in [4.69, 9.17) is 5.73 Å². The number of aryl methyl sites for hydroxylation is 1. The number of hydrogen-bond donors (Lipinski definition) is 2. The molecule has 2 unspecified atom stereocenters. The Kier molecular flexibility index (Phi) is 4.39. The molecule has 0 spiro atoms. The summed E-state index contributed by atoms with van der Waals surface area (Å²) in [5.41, 5.74) is 6.73. The Bertz CT molecular complexity index is 531. The molecule has 1 aliphatic carbocycles. The van der Waals surface area contributed by atoms with Crippen LogP contribution in [0, 0.1) is 18.8 Å². The Morgan fingerprint density at radius 1 is 1.43 bits per heavy atom. The van der Waals surface area contributed by atoms with Crippen LogP contribution in [0.4, 0.5) is 24.7 Å². The lowest BCUT2D eigenvalue weighted by atomic mass is 9.80. The molecule has 1 aromatic heterocycles. The predicted octanol–water partition coefficient (Wildman–Crippen LogP) is 3.28. The van der Waals surface area contributed by atoms with Gasteiger partial charge in [0.15, 0.2) is 0 Å². The first-order valence-electron chi connectivity index (χ1n) is 6.87. The van der Waals surface area contributed by atoms with Crippen molar-refractivity contribution in [3.63, 3.8) is 0 Å². The van der Waals surface area contributed by atoms with Crippen molar-refractivity contribution >= 4 is 17.4 Å². The molecule has 0 bridgehead atoms. The maximum atomic E-state index is 12.8. The highest BCUT2D eigenvalue weighted by molar-refractivity contribution is 5.92. The Morgan fingerprint density at radius 3 is 2.76 bits per heavy atom. The fraction of sp³-hybridized carbons (Fsp3) is 0.571. The number of amides is 1. The number of nitrogens with one attached hydrogen (secondary N) is 1. The largest absolute Gasteiger partial charge is 0.397 e. The van der Waals surface area contributed by atoms with Gasteiger partial charge in [-0.1, -0.05) is 6.42 Å². The first-order chi connectivity index (χ1) is 9.77. The fourth-order valence-electron chi connectivity index (χ4n) is 2.67. The molecule has 0 radical (unpaired) electrons. The van der Waals surface area contributed by atoms with Crippen LogP contribution in [-0.4, -0.2) is 17.1 Å². The molecule has 116 valence electrons. The fourth-order valence-corrected chi connectivity index (χ4v) is 2.67. The number of hydrogen-bond acceptors (Lipinski definition) is 3. The third kappa shape index (κ3) is 3.86. The van der Waals surface area contributed by atoms with E-state index in [1.165, 1.54) is 6.20 Å². The molecule has 1 aromatic rings. The van der Waals surface area contributed by atoms with Crippen molar-refractivity contribution in [3.8, 4) is 0 Å². The molecular formula is C14H18F3N3O. The predicted molar refractivity (Wildman–Crippen MR) is 73.5 cm³/mol. The summed E-state index contributed by atoms with van der Waals surface area (Å²) in [6.45, 7) is 1.73. The van der Waals surface area contributed by atoms with Crippen LogP contribution < -0.4 is 11.1 Å². The molecule has 0 saturated heterocycles. The normalized spacial score (nSPS) is 22.9. The highest BCUT2D eigenvalue weighted by Gasteiger charge is 2.43. The summed E-state index contributed by atoms with van der Waals surface area (Å²) in [5.74, 6) is -2.06. The number of carbonyl (C=O) groups excluding carboxylic acids is 1. The van der Waals surface area contributed by atoms with E-state index in [1.54, 1.807) is 13.0 Å². The highest BCUT2D eigenvalue weighted by atomic mass is 19.4. The summed E-state index contributed by atoms with van der Waals surface area (Å²) in [7, 11) is 0. The van der Waals surface area contributed by atoms with Crippen LogP contribution in [0.15, 0.2) is 12.3 Å². The number of anilines is 2. The van der Waals surface area contributed by atoms with E-state index in [-0.39, 0.29) is 12.8 Å². The lowest BCUT2D eigenvalue weighted by Gasteiger charge is -2.29. The summed E-state index contributed by atoms with van der Waals surface area (Å²) in [4.78, 5) is 16.1. The van der Waals surface area contributed by atoms with Crippen LogP contribution in [0.25, 0.3) is 0 Å². The van der Waals surface area contributed by atoms with Crippen molar-refractivity contribution in [2.24, 2.45) is 11.8 Å². The average molecular weight is 301 g/mol. The van der Waals surface area contributed by atoms with Gasteiger partial charge in [-0.2, -0.15) is 13.2 Å². The number of aromatic nitrogens is 1. The highest BCUT2D eigenvalue weighted by Crippen LogP contribution is 2.40. The Morgan fingerprint density at radius 2 is 2.14 bits per heavy atom. The number of nitrogen functional groups attached to an aromatic ring is 1. The van der Waals surface area contributed by atoms with Crippen LogP contribution in [-0.2, 0) is 4.79 Å². The molecule has 1 fully saturated rings. The van der Waals surface area contributed by atoms with Crippen LogP contribution in [0.2, 0.25) is 0 Å². The minimum atomic E-state index is -4.23. The van der Waals surface area contributed by atoms with Crippen LogP contribution in [0.5, 0.6) is 0 Å². The zero-order chi connectivity index (χ0) is 15.6. The van der Waals surface area contributed by atoms with Crippen molar-refractivity contribution in [2.75, 3.05) is 11.1 Å². The van der Waals surface area contributed by atoms with Gasteiger partial charge in [-0.15, -0.1) is 0 Å². The van der Waals surface area contributed by atoms with Crippen molar-refractivity contribution in [1.29, 1.82) is 0 Å². The van der Waals surface area contributed by atoms with Crippen molar-refractivity contribution in [2.45, 2.75) is 38.8 Å². The van der Waals surface area contributed by atoms with E-state index in [0.29, 0.717) is 29.9 Å². The molecule has 4 nitrogen and oxygen atoms in total. The van der Waals surface area contributed by atoms with Crippen LogP contribution in [0.3, 0.4) is 0 Å². The van der Waals surface area contributed by atoms with Gasteiger partial charge in [0.05, 0.1) is 17.8 Å². The molecule has 1 heterocycles. The summed E-state index contributed by atoms with van der Waals surface area (Å²) >= 11 is 0. The van der Waals surface area contributed by atoms with Crippen LogP contribution in [0.1, 0.15) is 31.2 Å². The molecule has 21 heavy (non-hydrogen) atoms. The van der Waals surface area contributed by atoms with Gasteiger partial charge in [-0.3, -0.25) is 4.79 Å². The zero-order valence-corrected chi connectivity index (χ0v) is 11.7. The molecule has 1 saturated carbocycles. The van der Waals surface area contributed by atoms with E-state index in [2.05, 4.69) is 10.3 Å². The summed E-state index contributed by atoms with van der Waals surface area (Å²) in [5, 5.41) is 2.61. The van der Waals surface area contributed by atoms with Gasteiger partial charge in [0.2, 0.25) is 5.91 Å². The summed E-state index contributed by atoms with van der Waals surface area (Å²) in [6, 6.07) is 1.65. The minimum absolute atomic E-state index is 0.104. The number of rotatable bonds is 2. The number of nitrogens with zero attached hydrogens (tertiary/aromatic N) is 1. The number of halogens is 3. The van der Waals surface area contributed by atoms with Crippen LogP contribution >= 0.6 is 0 Å². The van der Waals surface area contributed by atoms with E-state index < -0.39 is 23.9 Å². The average Bonchev–Trinajstić information content (AvgIpc) is 2.41. The van der Waals surface area contributed by atoms with Gasteiger partial charge in [0.1, 0.15) is 5.82 Å². The molecule has 0 aliphatic heterocycles. The Labute approximate surface area is 120 Å². The van der Waals surface area contributed by atoms with Crippen molar-refractivity contribution in [1.82, 2.24) is 4.98 Å². The zero-order valence-electron chi connectivity index (χ0n) is 11.7. The standard InChI is InChI=1S/C14H18F3N3O/c1-8-5-11(18)7-19-12(8)20-13(21)9-3-2-4-10(6-9)14(15,16)17/h5,7,9-10H,2-4,6,18H2,1H3,(H,19,20,21). The molecule has 3 N–H and O–H groups in total. The molecule has 2 atom stereocenters. The lowest BCUT2D eigenvalue weighted by Crippen LogP contribution is -2.34. The smallest absolute Gasteiger partial charge is 0.391 e. The van der Waals surface area contributed by atoms with E-state index in [1.807, 2.05) is 0 Å². The molecule has 7 heteroatoms. The molecule has 1 amide bonds. The molecular weight excluding hydrogens is 283 g/mol. The van der Waals surface area contributed by atoms with Gasteiger partial charge >= 0.3 is 6.18 Å². The van der Waals surface area contributed by atoms with Gasteiger partial charge in [0.25, 0.3) is 0 Å². The van der Waals surface area contributed by atoms with Gasteiger partial charge in [-0.25, -0.2) is 4.98 Å². The second kappa shape index (κ2) is 5.91. The SMILES string of the molecule is Cc1cc(N)cnc1NC(=O)C1CCCC(C(F)(F)F)C1. The van der Waals surface area contributed by atoms with Crippen molar-refractivity contribution in [3.05, 3.63) is 17.8 Å². The molecule has 0 aromatic carbocycles. The molecule has 1 aliphatic rings. The Hall–Kier alpha value is -1.79. The number of alkyl halides is 3. The third-order valence-electron chi connectivity index (χ3n) is 3.85. The first kappa shape index (κ1) is 15.6. The Balaban J connectivity index is 2.03. The van der Waals surface area contributed by atoms with E-state index >= 15 is 0 Å². The number of nitrogens with two attached hydrogens (primary N) is 1. The minimum Gasteiger partial charge on any atom is -0.397 e. The quantitative estimate of drug-likeness (QED) is 0.881. The maximum Gasteiger partial charge on any atom is 0.391 e. The lowest BCUT2D eigenvalue weighted by molar-refractivity contribution is -0.185. The van der Waals surface area contributed by atoms with E-state index in [9.17, 15) is 18.0 Å². The summed E-state index contributed by atoms with van der Waals surface area (Å²) < 4.78 is 38.3.